The van der Waals surface area contributed by atoms with Crippen LogP contribution in [0.3, 0.4) is 0 Å². The lowest BCUT2D eigenvalue weighted by molar-refractivity contribution is 0.0521. The summed E-state index contributed by atoms with van der Waals surface area (Å²) in [5, 5.41) is 3.92. The smallest absolute Gasteiger partial charge is 0.360 e. The van der Waals surface area contributed by atoms with Crippen LogP contribution in [0.5, 0.6) is 0 Å². The summed E-state index contributed by atoms with van der Waals surface area (Å²) < 4.78 is 5.95. The molecule has 4 nitrogen and oxygen atoms in total. The molecule has 1 N–H and O–H groups in total. The molecule has 1 aromatic carbocycles. The Balaban J connectivity index is 2.26. The summed E-state index contributed by atoms with van der Waals surface area (Å²) in [4.78, 5) is 15.8. The summed E-state index contributed by atoms with van der Waals surface area (Å²) in [6.45, 7) is 4.11. The van der Waals surface area contributed by atoms with Crippen molar-refractivity contribution in [1.82, 2.24) is 4.98 Å². The molecule has 0 bridgehead atoms. The third-order valence-electron chi connectivity index (χ3n) is 2.48. The highest BCUT2D eigenvalue weighted by atomic mass is 79.9. The molecule has 0 spiro atoms. The van der Waals surface area contributed by atoms with Gasteiger partial charge < -0.3 is 10.1 Å². The summed E-state index contributed by atoms with van der Waals surface area (Å²) >= 11 is 4.80. The number of benzene rings is 1. The van der Waals surface area contributed by atoms with Gasteiger partial charge in [0.05, 0.1) is 12.1 Å². The fourth-order valence-corrected chi connectivity index (χ4v) is 2.57. The second kappa shape index (κ2) is 6.16. The van der Waals surface area contributed by atoms with Gasteiger partial charge in [0.2, 0.25) is 0 Å². The average molecular weight is 341 g/mol. The van der Waals surface area contributed by atoms with Gasteiger partial charge in [-0.3, -0.25) is 0 Å². The van der Waals surface area contributed by atoms with Crippen LogP contribution in [0.15, 0.2) is 28.2 Å². The van der Waals surface area contributed by atoms with Crippen molar-refractivity contribution >= 4 is 43.9 Å². The number of esters is 1. The van der Waals surface area contributed by atoms with Gasteiger partial charge in [0.15, 0.2) is 5.69 Å². The first-order valence-corrected chi connectivity index (χ1v) is 7.43. The Morgan fingerprint density at radius 3 is 3.05 bits per heavy atom. The van der Waals surface area contributed by atoms with E-state index in [1.807, 2.05) is 25.1 Å². The van der Waals surface area contributed by atoms with E-state index >= 15 is 0 Å². The number of aromatic nitrogens is 1. The van der Waals surface area contributed by atoms with Gasteiger partial charge in [0.25, 0.3) is 0 Å². The zero-order valence-corrected chi connectivity index (χ0v) is 13.0. The molecule has 0 atom stereocenters. The SMILES string of the molecule is CCOC(=O)c1ncsc1Nc1cc(Br)ccc1C. The maximum absolute atomic E-state index is 11.7. The van der Waals surface area contributed by atoms with Gasteiger partial charge in [-0.15, -0.1) is 11.3 Å². The van der Waals surface area contributed by atoms with Crippen molar-refractivity contribution in [2.45, 2.75) is 13.8 Å². The first kappa shape index (κ1) is 14.0. The summed E-state index contributed by atoms with van der Waals surface area (Å²) in [6, 6.07) is 5.93. The van der Waals surface area contributed by atoms with Crippen LogP contribution in [0.1, 0.15) is 23.0 Å². The number of hydrogen-bond acceptors (Lipinski definition) is 5. The summed E-state index contributed by atoms with van der Waals surface area (Å²) in [5.41, 5.74) is 3.98. The Kier molecular flexibility index (Phi) is 4.55. The normalized spacial score (nSPS) is 10.3. The predicted octanol–water partition coefficient (Wildman–Crippen LogP) is 4.13. The first-order chi connectivity index (χ1) is 9.11. The number of thiazole rings is 1. The highest BCUT2D eigenvalue weighted by Crippen LogP contribution is 2.29. The standard InChI is InChI=1S/C13H13BrN2O2S/c1-3-18-13(17)11-12(19-7-15-11)16-10-6-9(14)5-4-8(10)2/h4-7,16H,3H2,1-2H3. The third kappa shape index (κ3) is 3.33. The molecule has 0 saturated heterocycles. The summed E-state index contributed by atoms with van der Waals surface area (Å²) in [7, 11) is 0. The van der Waals surface area contributed by atoms with E-state index in [9.17, 15) is 4.79 Å². The minimum atomic E-state index is -0.404. The van der Waals surface area contributed by atoms with E-state index < -0.39 is 5.97 Å². The lowest BCUT2D eigenvalue weighted by Gasteiger charge is -2.09. The Labute approximate surface area is 124 Å². The molecular formula is C13H13BrN2O2S. The Morgan fingerprint density at radius 1 is 1.53 bits per heavy atom. The monoisotopic (exact) mass is 340 g/mol. The molecule has 2 rings (SSSR count). The lowest BCUT2D eigenvalue weighted by atomic mass is 10.2. The number of carbonyl (C=O) groups excluding carboxylic acids is 1. The van der Waals surface area contributed by atoms with E-state index in [2.05, 4.69) is 26.2 Å². The highest BCUT2D eigenvalue weighted by molar-refractivity contribution is 9.10. The van der Waals surface area contributed by atoms with Gasteiger partial charge >= 0.3 is 5.97 Å². The molecule has 2 aromatic rings. The number of nitrogens with zero attached hydrogens (tertiary/aromatic N) is 1. The molecule has 0 saturated carbocycles. The average Bonchev–Trinajstić information content (AvgIpc) is 2.82. The van der Waals surface area contributed by atoms with Crippen LogP contribution in [-0.4, -0.2) is 17.6 Å². The van der Waals surface area contributed by atoms with Crippen molar-refractivity contribution in [3.63, 3.8) is 0 Å². The van der Waals surface area contributed by atoms with Crippen LogP contribution in [-0.2, 0) is 4.74 Å². The van der Waals surface area contributed by atoms with Gasteiger partial charge in [-0.2, -0.15) is 0 Å². The van der Waals surface area contributed by atoms with Crippen LogP contribution >= 0.6 is 27.3 Å². The van der Waals surface area contributed by atoms with E-state index in [-0.39, 0.29) is 0 Å². The van der Waals surface area contributed by atoms with Crippen LogP contribution in [0.2, 0.25) is 0 Å². The largest absolute Gasteiger partial charge is 0.461 e. The van der Waals surface area contributed by atoms with Crippen LogP contribution in [0, 0.1) is 6.92 Å². The van der Waals surface area contributed by atoms with E-state index in [0.717, 1.165) is 15.7 Å². The molecular weight excluding hydrogens is 328 g/mol. The van der Waals surface area contributed by atoms with E-state index in [1.165, 1.54) is 11.3 Å². The van der Waals surface area contributed by atoms with Gasteiger partial charge in [0.1, 0.15) is 5.00 Å². The quantitative estimate of drug-likeness (QED) is 0.850. The molecule has 0 unspecified atom stereocenters. The van der Waals surface area contributed by atoms with E-state index in [0.29, 0.717) is 17.3 Å². The predicted molar refractivity (Wildman–Crippen MR) is 80.2 cm³/mol. The number of hydrogen-bond donors (Lipinski definition) is 1. The number of aryl methyl sites for hydroxylation is 1. The first-order valence-electron chi connectivity index (χ1n) is 5.75. The summed E-state index contributed by atoms with van der Waals surface area (Å²) in [5.74, 6) is -0.404. The minimum absolute atomic E-state index is 0.325. The second-order valence-corrected chi connectivity index (χ2v) is 5.61. The molecule has 0 aliphatic rings. The minimum Gasteiger partial charge on any atom is -0.461 e. The molecule has 6 heteroatoms. The molecule has 0 aliphatic heterocycles. The van der Waals surface area contributed by atoms with Gasteiger partial charge in [-0.05, 0) is 31.5 Å². The fourth-order valence-electron chi connectivity index (χ4n) is 1.53. The van der Waals surface area contributed by atoms with Crippen molar-refractivity contribution in [2.75, 3.05) is 11.9 Å². The van der Waals surface area contributed by atoms with Crippen LogP contribution < -0.4 is 5.32 Å². The zero-order chi connectivity index (χ0) is 13.8. The van der Waals surface area contributed by atoms with Crippen LogP contribution in [0.4, 0.5) is 10.7 Å². The highest BCUT2D eigenvalue weighted by Gasteiger charge is 2.16. The topological polar surface area (TPSA) is 51.2 Å². The van der Waals surface area contributed by atoms with Crippen molar-refractivity contribution < 1.29 is 9.53 Å². The van der Waals surface area contributed by atoms with Crippen LogP contribution in [0.25, 0.3) is 0 Å². The van der Waals surface area contributed by atoms with E-state index in [4.69, 9.17) is 4.74 Å². The third-order valence-corrected chi connectivity index (χ3v) is 3.72. The van der Waals surface area contributed by atoms with Crippen molar-refractivity contribution in [1.29, 1.82) is 0 Å². The molecule has 19 heavy (non-hydrogen) atoms. The number of rotatable bonds is 4. The Bertz CT molecular complexity index is 598. The van der Waals surface area contributed by atoms with E-state index in [1.54, 1.807) is 12.4 Å². The van der Waals surface area contributed by atoms with Gasteiger partial charge in [0, 0.05) is 10.2 Å². The van der Waals surface area contributed by atoms with Gasteiger partial charge in [-0.1, -0.05) is 22.0 Å². The Morgan fingerprint density at radius 2 is 2.32 bits per heavy atom. The van der Waals surface area contributed by atoms with Crippen molar-refractivity contribution in [2.24, 2.45) is 0 Å². The summed E-state index contributed by atoms with van der Waals surface area (Å²) in [6.07, 6.45) is 0. The molecule has 100 valence electrons. The lowest BCUT2D eigenvalue weighted by Crippen LogP contribution is -2.07. The Hall–Kier alpha value is -1.40. The van der Waals surface area contributed by atoms with Crippen molar-refractivity contribution in [3.8, 4) is 0 Å². The molecule has 0 fully saturated rings. The fraction of sp³-hybridized carbons (Fsp3) is 0.231. The number of anilines is 2. The second-order valence-electron chi connectivity index (χ2n) is 3.83. The molecule has 0 amide bonds. The maximum Gasteiger partial charge on any atom is 0.360 e. The van der Waals surface area contributed by atoms with Crippen molar-refractivity contribution in [3.05, 3.63) is 39.4 Å². The maximum atomic E-state index is 11.7. The number of ether oxygens (including phenoxy) is 1. The molecule has 0 radical (unpaired) electrons. The van der Waals surface area contributed by atoms with Gasteiger partial charge in [-0.25, -0.2) is 9.78 Å². The molecule has 1 aromatic heterocycles. The number of carbonyl (C=O) groups is 1. The molecule has 1 heterocycles. The number of nitrogens with one attached hydrogen (secondary N) is 1. The molecule has 0 aliphatic carbocycles. The zero-order valence-electron chi connectivity index (χ0n) is 10.6. The number of halogens is 1.